The van der Waals surface area contributed by atoms with E-state index in [0.29, 0.717) is 24.5 Å². The van der Waals surface area contributed by atoms with E-state index in [1.807, 2.05) is 40.7 Å². The standard InChI is InChI=1S/C25H35N3O2/c1-8-28(9-2)20-12-10-19(11-13-20)21-14-16-27-23(22(21)18-26)30-25(6,7)15-17-29-24(3,4)5/h10-14,16H,8-9,15,17H2,1-7H3. The average Bonchev–Trinajstić information content (AvgIpc) is 2.68. The predicted molar refractivity (Wildman–Crippen MR) is 123 cm³/mol. The van der Waals surface area contributed by atoms with E-state index < -0.39 is 5.60 Å². The molecule has 0 spiro atoms. The molecule has 0 bridgehead atoms. The monoisotopic (exact) mass is 409 g/mol. The van der Waals surface area contributed by atoms with E-state index >= 15 is 0 Å². The Morgan fingerprint density at radius 2 is 1.63 bits per heavy atom. The van der Waals surface area contributed by atoms with Gasteiger partial charge in [-0.1, -0.05) is 12.1 Å². The Balaban J connectivity index is 2.25. The van der Waals surface area contributed by atoms with Crippen molar-refractivity contribution in [1.29, 1.82) is 5.26 Å². The smallest absolute Gasteiger partial charge is 0.232 e. The van der Waals surface area contributed by atoms with Gasteiger partial charge in [-0.3, -0.25) is 0 Å². The summed E-state index contributed by atoms with van der Waals surface area (Å²) in [6.07, 6.45) is 2.39. The zero-order valence-corrected chi connectivity index (χ0v) is 19.5. The van der Waals surface area contributed by atoms with E-state index in [4.69, 9.17) is 9.47 Å². The summed E-state index contributed by atoms with van der Waals surface area (Å²) >= 11 is 0. The summed E-state index contributed by atoms with van der Waals surface area (Å²) in [6, 6.07) is 12.5. The predicted octanol–water partition coefficient (Wildman–Crippen LogP) is 5.83. The Morgan fingerprint density at radius 1 is 1.00 bits per heavy atom. The van der Waals surface area contributed by atoms with Crippen LogP contribution in [0.1, 0.15) is 60.5 Å². The Labute approximate surface area is 181 Å². The number of aromatic nitrogens is 1. The third kappa shape index (κ3) is 6.47. The van der Waals surface area contributed by atoms with Gasteiger partial charge >= 0.3 is 0 Å². The first-order valence-corrected chi connectivity index (χ1v) is 10.7. The fourth-order valence-corrected chi connectivity index (χ4v) is 3.22. The normalized spacial score (nSPS) is 11.8. The number of rotatable bonds is 9. The van der Waals surface area contributed by atoms with Crippen LogP contribution in [0.2, 0.25) is 0 Å². The molecule has 1 aromatic heterocycles. The molecule has 1 heterocycles. The summed E-state index contributed by atoms with van der Waals surface area (Å²) in [4.78, 5) is 6.65. The third-order valence-corrected chi connectivity index (χ3v) is 4.95. The lowest BCUT2D eigenvalue weighted by atomic mass is 10.0. The summed E-state index contributed by atoms with van der Waals surface area (Å²) in [5.74, 6) is 0.364. The van der Waals surface area contributed by atoms with Crippen molar-refractivity contribution in [3.05, 3.63) is 42.1 Å². The molecular weight excluding hydrogens is 374 g/mol. The summed E-state index contributed by atoms with van der Waals surface area (Å²) in [5, 5.41) is 9.86. The summed E-state index contributed by atoms with van der Waals surface area (Å²) < 4.78 is 12.0. The molecule has 0 amide bonds. The highest BCUT2D eigenvalue weighted by atomic mass is 16.5. The molecule has 0 aliphatic carbocycles. The van der Waals surface area contributed by atoms with Crippen molar-refractivity contribution in [1.82, 2.24) is 4.98 Å². The fourth-order valence-electron chi connectivity index (χ4n) is 3.22. The van der Waals surface area contributed by atoms with Gasteiger partial charge in [-0.2, -0.15) is 5.26 Å². The maximum atomic E-state index is 9.86. The van der Waals surface area contributed by atoms with Crippen molar-refractivity contribution < 1.29 is 9.47 Å². The third-order valence-electron chi connectivity index (χ3n) is 4.95. The first-order valence-electron chi connectivity index (χ1n) is 10.7. The largest absolute Gasteiger partial charge is 0.471 e. The van der Waals surface area contributed by atoms with Crippen LogP contribution in [-0.4, -0.2) is 35.9 Å². The molecule has 0 unspecified atom stereocenters. The lowest BCUT2D eigenvalue weighted by molar-refractivity contribution is -0.0300. The minimum Gasteiger partial charge on any atom is -0.471 e. The van der Waals surface area contributed by atoms with Crippen LogP contribution < -0.4 is 9.64 Å². The van der Waals surface area contributed by atoms with Gasteiger partial charge < -0.3 is 14.4 Å². The molecular formula is C25H35N3O2. The second kappa shape index (κ2) is 9.95. The zero-order chi connectivity index (χ0) is 22.4. The van der Waals surface area contributed by atoms with E-state index in [2.05, 4.69) is 54.1 Å². The Morgan fingerprint density at radius 3 is 2.17 bits per heavy atom. The van der Waals surface area contributed by atoms with Crippen molar-refractivity contribution >= 4 is 5.69 Å². The topological polar surface area (TPSA) is 58.4 Å². The van der Waals surface area contributed by atoms with Crippen LogP contribution in [0.4, 0.5) is 5.69 Å². The first-order chi connectivity index (χ1) is 14.1. The lowest BCUT2D eigenvalue weighted by Gasteiger charge is -2.28. The molecule has 0 aliphatic rings. The second-order valence-corrected chi connectivity index (χ2v) is 8.94. The molecule has 0 radical (unpaired) electrons. The van der Waals surface area contributed by atoms with Crippen LogP contribution in [-0.2, 0) is 4.74 Å². The van der Waals surface area contributed by atoms with Crippen molar-refractivity contribution in [2.45, 2.75) is 66.1 Å². The summed E-state index contributed by atoms with van der Waals surface area (Å²) in [6.45, 7) is 16.9. The van der Waals surface area contributed by atoms with Crippen molar-refractivity contribution in [2.75, 3.05) is 24.6 Å². The Bertz CT molecular complexity index is 857. The van der Waals surface area contributed by atoms with Gasteiger partial charge in [0.2, 0.25) is 5.88 Å². The van der Waals surface area contributed by atoms with E-state index in [9.17, 15) is 5.26 Å². The number of hydrogen-bond acceptors (Lipinski definition) is 5. The maximum Gasteiger partial charge on any atom is 0.232 e. The molecule has 5 heteroatoms. The number of nitriles is 1. The molecule has 0 saturated carbocycles. The van der Waals surface area contributed by atoms with Crippen LogP contribution in [0, 0.1) is 11.3 Å². The molecule has 0 fully saturated rings. The van der Waals surface area contributed by atoms with E-state index in [0.717, 1.165) is 24.2 Å². The van der Waals surface area contributed by atoms with Gasteiger partial charge in [-0.25, -0.2) is 4.98 Å². The highest BCUT2D eigenvalue weighted by molar-refractivity contribution is 5.73. The van der Waals surface area contributed by atoms with Gasteiger partial charge in [-0.05, 0) is 72.2 Å². The van der Waals surface area contributed by atoms with Crippen molar-refractivity contribution in [2.24, 2.45) is 0 Å². The van der Waals surface area contributed by atoms with Crippen LogP contribution in [0.3, 0.4) is 0 Å². The minimum atomic E-state index is -0.505. The number of benzene rings is 1. The van der Waals surface area contributed by atoms with E-state index in [1.165, 1.54) is 5.69 Å². The van der Waals surface area contributed by atoms with Crippen LogP contribution in [0.25, 0.3) is 11.1 Å². The first kappa shape index (κ1) is 23.7. The second-order valence-electron chi connectivity index (χ2n) is 8.94. The summed E-state index contributed by atoms with van der Waals surface area (Å²) in [7, 11) is 0. The van der Waals surface area contributed by atoms with Gasteiger partial charge in [0.05, 0.1) is 12.2 Å². The molecule has 2 aromatic rings. The SMILES string of the molecule is CCN(CC)c1ccc(-c2ccnc(OC(C)(C)CCOC(C)(C)C)c2C#N)cc1. The van der Waals surface area contributed by atoms with Crippen LogP contribution in [0.15, 0.2) is 36.5 Å². The Hall–Kier alpha value is -2.58. The molecule has 0 aliphatic heterocycles. The highest BCUT2D eigenvalue weighted by Gasteiger charge is 2.24. The zero-order valence-electron chi connectivity index (χ0n) is 19.5. The highest BCUT2D eigenvalue weighted by Crippen LogP contribution is 2.32. The maximum absolute atomic E-state index is 9.86. The Kier molecular flexibility index (Phi) is 7.86. The minimum absolute atomic E-state index is 0.191. The fraction of sp³-hybridized carbons (Fsp3) is 0.520. The van der Waals surface area contributed by atoms with Crippen molar-refractivity contribution in [3.63, 3.8) is 0 Å². The molecule has 162 valence electrons. The van der Waals surface area contributed by atoms with Crippen molar-refractivity contribution in [3.8, 4) is 23.1 Å². The lowest BCUT2D eigenvalue weighted by Crippen LogP contribution is -2.32. The number of ether oxygens (including phenoxy) is 2. The molecule has 0 saturated heterocycles. The van der Waals surface area contributed by atoms with Gasteiger partial charge in [0.15, 0.2) is 0 Å². The average molecular weight is 410 g/mol. The van der Waals surface area contributed by atoms with Gasteiger partial charge in [-0.15, -0.1) is 0 Å². The number of pyridine rings is 1. The quantitative estimate of drug-likeness (QED) is 0.521. The molecule has 0 N–H and O–H groups in total. The number of nitrogens with zero attached hydrogens (tertiary/aromatic N) is 3. The molecule has 5 nitrogen and oxygen atoms in total. The molecule has 0 atom stereocenters. The van der Waals surface area contributed by atoms with Gasteiger partial charge in [0.25, 0.3) is 0 Å². The van der Waals surface area contributed by atoms with Crippen LogP contribution in [0.5, 0.6) is 5.88 Å². The van der Waals surface area contributed by atoms with E-state index in [-0.39, 0.29) is 5.60 Å². The molecule has 2 rings (SSSR count). The van der Waals surface area contributed by atoms with Gasteiger partial charge in [0, 0.05) is 37.0 Å². The van der Waals surface area contributed by atoms with Crippen LogP contribution >= 0.6 is 0 Å². The van der Waals surface area contributed by atoms with Gasteiger partial charge in [0.1, 0.15) is 17.2 Å². The molecule has 30 heavy (non-hydrogen) atoms. The number of anilines is 1. The van der Waals surface area contributed by atoms with E-state index in [1.54, 1.807) is 6.20 Å². The summed E-state index contributed by atoms with van der Waals surface area (Å²) in [5.41, 5.74) is 2.74. The number of hydrogen-bond donors (Lipinski definition) is 0. The molecule has 1 aromatic carbocycles.